The molecule has 2 N–H and O–H groups in total. The smallest absolute Gasteiger partial charge is 0.243 e. The van der Waals surface area contributed by atoms with Crippen LogP contribution >= 0.6 is 24.0 Å². The summed E-state index contributed by atoms with van der Waals surface area (Å²) >= 11 is 0. The van der Waals surface area contributed by atoms with E-state index in [0.29, 0.717) is 12.1 Å². The highest BCUT2D eigenvalue weighted by molar-refractivity contribution is 14.0. The molecule has 27 heavy (non-hydrogen) atoms. The van der Waals surface area contributed by atoms with E-state index in [4.69, 9.17) is 0 Å². The van der Waals surface area contributed by atoms with E-state index in [9.17, 15) is 4.79 Å². The molecule has 2 aliphatic rings. The first-order valence-electron chi connectivity index (χ1n) is 10.5. The number of aliphatic imine (C=N–C) groups is 1. The van der Waals surface area contributed by atoms with Crippen molar-refractivity contribution in [2.45, 2.75) is 70.9 Å². The molecule has 0 radical (unpaired) electrons. The monoisotopic (exact) mass is 493 g/mol. The Balaban J connectivity index is 0.00000364. The second-order valence-electron chi connectivity index (χ2n) is 8.03. The van der Waals surface area contributed by atoms with Gasteiger partial charge >= 0.3 is 0 Å². The average molecular weight is 493 g/mol. The molecule has 0 spiro atoms. The van der Waals surface area contributed by atoms with Gasteiger partial charge in [0.15, 0.2) is 5.96 Å². The molecule has 2 rings (SSSR count). The molecule has 6 nitrogen and oxygen atoms in total. The van der Waals surface area contributed by atoms with Crippen molar-refractivity contribution in [2.75, 3.05) is 40.3 Å². The Morgan fingerprint density at radius 3 is 2.44 bits per heavy atom. The number of hydrogen-bond donors (Lipinski definition) is 2. The maximum absolute atomic E-state index is 11.9. The number of halogens is 1. The first kappa shape index (κ1) is 24.5. The molecule has 2 fully saturated rings. The number of nitrogens with zero attached hydrogens (tertiary/aromatic N) is 3. The van der Waals surface area contributed by atoms with Gasteiger partial charge in [-0.25, -0.2) is 4.99 Å². The topological polar surface area (TPSA) is 60.0 Å². The predicted octanol–water partition coefficient (Wildman–Crippen LogP) is 2.68. The molecular weight excluding hydrogens is 453 g/mol. The van der Waals surface area contributed by atoms with Crippen molar-refractivity contribution in [1.29, 1.82) is 0 Å². The van der Waals surface area contributed by atoms with Crippen LogP contribution in [0.25, 0.3) is 0 Å². The summed E-state index contributed by atoms with van der Waals surface area (Å²) in [6.45, 7) is 7.93. The Labute approximate surface area is 182 Å². The fourth-order valence-corrected chi connectivity index (χ4v) is 4.11. The average Bonchev–Trinajstić information content (AvgIpc) is 3.11. The lowest BCUT2D eigenvalue weighted by Gasteiger charge is -2.30. The quantitative estimate of drug-likeness (QED) is 0.325. The first-order chi connectivity index (χ1) is 12.5. The van der Waals surface area contributed by atoms with Gasteiger partial charge in [0.25, 0.3) is 0 Å². The zero-order chi connectivity index (χ0) is 18.9. The maximum atomic E-state index is 11.9. The molecule has 1 saturated heterocycles. The van der Waals surface area contributed by atoms with E-state index in [1.54, 1.807) is 19.0 Å². The van der Waals surface area contributed by atoms with Crippen LogP contribution in [0.1, 0.15) is 58.8 Å². The van der Waals surface area contributed by atoms with Crippen molar-refractivity contribution in [3.8, 4) is 0 Å². The van der Waals surface area contributed by atoms with Gasteiger partial charge in [0.1, 0.15) is 6.54 Å². The van der Waals surface area contributed by atoms with E-state index in [0.717, 1.165) is 25.0 Å². The van der Waals surface area contributed by atoms with Crippen LogP contribution in [0.3, 0.4) is 0 Å². The fraction of sp³-hybridized carbons (Fsp3) is 0.900. The lowest BCUT2D eigenvalue weighted by Crippen LogP contribution is -2.49. The Kier molecular flexibility index (Phi) is 11.6. The van der Waals surface area contributed by atoms with Gasteiger partial charge < -0.3 is 15.5 Å². The van der Waals surface area contributed by atoms with E-state index in [1.165, 1.54) is 51.5 Å². The van der Waals surface area contributed by atoms with Gasteiger partial charge in [0.2, 0.25) is 5.91 Å². The Morgan fingerprint density at radius 2 is 1.85 bits per heavy atom. The molecule has 0 aromatic rings. The molecule has 0 aromatic heterocycles. The van der Waals surface area contributed by atoms with E-state index >= 15 is 0 Å². The molecule has 0 bridgehead atoms. The largest absolute Gasteiger partial charge is 0.355 e. The summed E-state index contributed by atoms with van der Waals surface area (Å²) in [5.74, 6) is 1.73. The van der Waals surface area contributed by atoms with Crippen molar-refractivity contribution in [3.63, 3.8) is 0 Å². The first-order valence-corrected chi connectivity index (χ1v) is 10.5. The number of guanidine groups is 1. The molecule has 158 valence electrons. The van der Waals surface area contributed by atoms with Crippen molar-refractivity contribution in [1.82, 2.24) is 20.4 Å². The van der Waals surface area contributed by atoms with Crippen LogP contribution in [0.4, 0.5) is 0 Å². The molecule has 1 aliphatic carbocycles. The van der Waals surface area contributed by atoms with Crippen molar-refractivity contribution >= 4 is 35.8 Å². The molecule has 1 aliphatic heterocycles. The zero-order valence-electron chi connectivity index (χ0n) is 17.7. The number of rotatable bonds is 7. The highest BCUT2D eigenvalue weighted by Crippen LogP contribution is 2.26. The summed E-state index contributed by atoms with van der Waals surface area (Å²) in [5.41, 5.74) is 0. The Morgan fingerprint density at radius 1 is 1.15 bits per heavy atom. The summed E-state index contributed by atoms with van der Waals surface area (Å²) in [5, 5.41) is 7.12. The highest BCUT2D eigenvalue weighted by Gasteiger charge is 2.24. The maximum Gasteiger partial charge on any atom is 0.243 e. The molecule has 0 aromatic carbocycles. The number of amides is 1. The summed E-state index contributed by atoms with van der Waals surface area (Å²) in [7, 11) is 3.56. The molecule has 7 heteroatoms. The number of carbonyl (C=O) groups is 1. The van der Waals surface area contributed by atoms with Crippen LogP contribution in [0.15, 0.2) is 4.99 Å². The third-order valence-corrected chi connectivity index (χ3v) is 6.05. The van der Waals surface area contributed by atoms with Crippen LogP contribution < -0.4 is 10.6 Å². The van der Waals surface area contributed by atoms with Crippen LogP contribution in [0, 0.1) is 5.92 Å². The number of nitrogens with one attached hydrogen (secondary N) is 2. The second-order valence-corrected chi connectivity index (χ2v) is 8.03. The van der Waals surface area contributed by atoms with Crippen molar-refractivity contribution < 1.29 is 4.79 Å². The van der Waals surface area contributed by atoms with E-state index in [1.807, 2.05) is 0 Å². The van der Waals surface area contributed by atoms with Crippen LogP contribution in [-0.2, 0) is 4.79 Å². The summed E-state index contributed by atoms with van der Waals surface area (Å²) in [6.07, 6.45) is 8.80. The Hall–Kier alpha value is -0.570. The minimum Gasteiger partial charge on any atom is -0.355 e. The zero-order valence-corrected chi connectivity index (χ0v) is 20.0. The molecule has 1 unspecified atom stereocenters. The molecule has 1 atom stereocenters. The summed E-state index contributed by atoms with van der Waals surface area (Å²) < 4.78 is 0. The Bertz CT molecular complexity index is 463. The number of likely N-dealkylation sites (N-methyl/N-ethyl adjacent to an activating group) is 2. The summed E-state index contributed by atoms with van der Waals surface area (Å²) in [6, 6.07) is 1.05. The van der Waals surface area contributed by atoms with Gasteiger partial charge in [0.05, 0.1) is 0 Å². The lowest BCUT2D eigenvalue weighted by atomic mass is 9.84. The molecule has 1 saturated carbocycles. The number of likely N-dealkylation sites (tertiary alicyclic amines) is 1. The predicted molar refractivity (Wildman–Crippen MR) is 124 cm³/mol. The van der Waals surface area contributed by atoms with Gasteiger partial charge in [-0.3, -0.25) is 9.69 Å². The minimum atomic E-state index is 0. The lowest BCUT2D eigenvalue weighted by molar-refractivity contribution is -0.127. The highest BCUT2D eigenvalue weighted by atomic mass is 127. The minimum absolute atomic E-state index is 0. The molecular formula is C20H40IN5O. The van der Waals surface area contributed by atoms with Crippen LogP contribution in [-0.4, -0.2) is 74.0 Å². The van der Waals surface area contributed by atoms with Gasteiger partial charge in [-0.15, -0.1) is 24.0 Å². The van der Waals surface area contributed by atoms with Gasteiger partial charge in [-0.05, 0) is 57.5 Å². The standard InChI is InChI=1S/C20H39N5O.HI/c1-5-16-9-11-17(12-10-16)23-20(22-15-19(26)24(3)4)21-14-18-8-7-13-25(18)6-2;/h16-18H,5-15H2,1-4H3,(H2,21,22,23);1H. The van der Waals surface area contributed by atoms with Gasteiger partial charge in [0, 0.05) is 32.7 Å². The summed E-state index contributed by atoms with van der Waals surface area (Å²) in [4.78, 5) is 20.6. The van der Waals surface area contributed by atoms with Crippen molar-refractivity contribution in [2.24, 2.45) is 10.9 Å². The SMILES string of the molecule is CCC1CCC(NC(=NCC(=O)N(C)C)NCC2CCCN2CC)CC1.I. The van der Waals surface area contributed by atoms with Crippen molar-refractivity contribution in [3.05, 3.63) is 0 Å². The third kappa shape index (κ3) is 8.13. The second kappa shape index (κ2) is 12.8. The number of hydrogen-bond acceptors (Lipinski definition) is 3. The fourth-order valence-electron chi connectivity index (χ4n) is 4.11. The third-order valence-electron chi connectivity index (χ3n) is 6.05. The van der Waals surface area contributed by atoms with Gasteiger partial charge in [-0.1, -0.05) is 20.3 Å². The van der Waals surface area contributed by atoms with E-state index in [-0.39, 0.29) is 36.4 Å². The molecule has 1 amide bonds. The normalized spacial score (nSPS) is 26.4. The van der Waals surface area contributed by atoms with E-state index in [2.05, 4.69) is 34.4 Å². The van der Waals surface area contributed by atoms with Crippen LogP contribution in [0.5, 0.6) is 0 Å². The van der Waals surface area contributed by atoms with Crippen LogP contribution in [0.2, 0.25) is 0 Å². The van der Waals surface area contributed by atoms with E-state index < -0.39 is 0 Å². The van der Waals surface area contributed by atoms with Gasteiger partial charge in [-0.2, -0.15) is 0 Å². The molecule has 1 heterocycles. The number of carbonyl (C=O) groups excluding carboxylic acids is 1.